The molecular formula is C25H42O4. The predicted molar refractivity (Wildman–Crippen MR) is 121 cm³/mol. The molecular weight excluding hydrogens is 364 g/mol. The number of hydrogen-bond acceptors (Lipinski definition) is 3. The second-order valence-corrected chi connectivity index (χ2v) is 7.43. The van der Waals surface area contributed by atoms with Crippen LogP contribution in [0.5, 0.6) is 0 Å². The molecule has 0 fully saturated rings. The molecule has 0 spiro atoms. The minimum atomic E-state index is -0.792. The number of ether oxygens (including phenoxy) is 1. The summed E-state index contributed by atoms with van der Waals surface area (Å²) in [7, 11) is 0. The van der Waals surface area contributed by atoms with Crippen LogP contribution in [0.2, 0.25) is 0 Å². The van der Waals surface area contributed by atoms with Crippen LogP contribution < -0.4 is 0 Å². The number of allylic oxidation sites excluding steroid dienone is 6. The van der Waals surface area contributed by atoms with E-state index in [1.807, 2.05) is 0 Å². The maximum absolute atomic E-state index is 12.1. The molecule has 1 atom stereocenters. The summed E-state index contributed by atoms with van der Waals surface area (Å²) < 4.78 is 5.58. The van der Waals surface area contributed by atoms with Gasteiger partial charge in [0.05, 0.1) is 0 Å². The van der Waals surface area contributed by atoms with E-state index in [2.05, 4.69) is 50.3 Å². The summed E-state index contributed by atoms with van der Waals surface area (Å²) >= 11 is 0. The molecule has 0 bridgehead atoms. The van der Waals surface area contributed by atoms with E-state index in [4.69, 9.17) is 9.84 Å². The van der Waals surface area contributed by atoms with Gasteiger partial charge >= 0.3 is 11.9 Å². The molecule has 0 heterocycles. The lowest BCUT2D eigenvalue weighted by Gasteiger charge is -2.17. The predicted octanol–water partition coefficient (Wildman–Crippen LogP) is 7.15. The number of esters is 1. The maximum atomic E-state index is 12.1. The maximum Gasteiger partial charge on any atom is 0.306 e. The van der Waals surface area contributed by atoms with Crippen molar-refractivity contribution < 1.29 is 19.4 Å². The Hall–Kier alpha value is -1.84. The van der Waals surface area contributed by atoms with Crippen LogP contribution in [0.25, 0.3) is 0 Å². The smallest absolute Gasteiger partial charge is 0.306 e. The molecule has 0 radical (unpaired) electrons. The van der Waals surface area contributed by atoms with E-state index in [0.717, 1.165) is 64.2 Å². The SMILES string of the molecule is CC/C=C\C/C=C\C/C=C\CCCCCC(=O)OC(CCCC)CCCC(=O)O. The number of rotatable bonds is 19. The molecule has 1 unspecified atom stereocenters. The van der Waals surface area contributed by atoms with Crippen LogP contribution in [0.3, 0.4) is 0 Å². The van der Waals surface area contributed by atoms with Crippen LogP contribution in [0.1, 0.15) is 104 Å². The lowest BCUT2D eigenvalue weighted by Crippen LogP contribution is -2.18. The second-order valence-electron chi connectivity index (χ2n) is 7.43. The van der Waals surface area contributed by atoms with Gasteiger partial charge in [-0.05, 0) is 57.8 Å². The van der Waals surface area contributed by atoms with Crippen LogP contribution >= 0.6 is 0 Å². The van der Waals surface area contributed by atoms with Crippen molar-refractivity contribution in [2.75, 3.05) is 0 Å². The number of carboxylic acids is 1. The molecule has 0 saturated heterocycles. The quantitative estimate of drug-likeness (QED) is 0.140. The monoisotopic (exact) mass is 406 g/mol. The standard InChI is InChI=1S/C25H42O4/c1-3-5-7-8-9-10-11-12-13-14-15-16-17-22-25(28)29-23(19-6-4-2)20-18-21-24(26)27/h5,7,9-10,12-13,23H,3-4,6,8,11,14-22H2,1-2H3,(H,26,27)/b7-5-,10-9-,13-12-. The number of carbonyl (C=O) groups excluding carboxylic acids is 1. The van der Waals surface area contributed by atoms with Crippen molar-refractivity contribution in [1.82, 2.24) is 0 Å². The van der Waals surface area contributed by atoms with Gasteiger partial charge in [0.1, 0.15) is 6.10 Å². The van der Waals surface area contributed by atoms with Crippen LogP contribution in [-0.4, -0.2) is 23.1 Å². The normalized spacial score (nSPS) is 12.9. The Morgan fingerprint density at radius 1 is 0.793 bits per heavy atom. The van der Waals surface area contributed by atoms with Crippen molar-refractivity contribution in [2.45, 2.75) is 110 Å². The van der Waals surface area contributed by atoms with Gasteiger partial charge in [0.15, 0.2) is 0 Å². The molecule has 1 N–H and O–H groups in total. The first kappa shape index (κ1) is 27.2. The van der Waals surface area contributed by atoms with Gasteiger partial charge in [-0.2, -0.15) is 0 Å². The highest BCUT2D eigenvalue weighted by Crippen LogP contribution is 2.15. The summed E-state index contributed by atoms with van der Waals surface area (Å²) in [6, 6.07) is 0. The first-order chi connectivity index (χ1) is 14.1. The molecule has 29 heavy (non-hydrogen) atoms. The fourth-order valence-corrected chi connectivity index (χ4v) is 2.95. The summed E-state index contributed by atoms with van der Waals surface area (Å²) in [6.07, 6.45) is 24.8. The molecule has 0 aliphatic heterocycles. The molecule has 0 rings (SSSR count). The van der Waals surface area contributed by atoms with Gasteiger partial charge in [-0.15, -0.1) is 0 Å². The van der Waals surface area contributed by atoms with E-state index in [9.17, 15) is 9.59 Å². The summed E-state index contributed by atoms with van der Waals surface area (Å²) in [6.45, 7) is 4.24. The molecule has 0 amide bonds. The molecule has 0 saturated carbocycles. The topological polar surface area (TPSA) is 63.6 Å². The van der Waals surface area contributed by atoms with Gasteiger partial charge < -0.3 is 9.84 Å². The molecule has 166 valence electrons. The number of hydrogen-bond donors (Lipinski definition) is 1. The zero-order valence-corrected chi connectivity index (χ0v) is 18.6. The van der Waals surface area contributed by atoms with Gasteiger partial charge in [0.2, 0.25) is 0 Å². The first-order valence-electron chi connectivity index (χ1n) is 11.5. The average Bonchev–Trinajstić information content (AvgIpc) is 2.69. The second kappa shape index (κ2) is 20.9. The fraction of sp³-hybridized carbons (Fsp3) is 0.680. The molecule has 0 aromatic rings. The summed E-state index contributed by atoms with van der Waals surface area (Å²) in [5.41, 5.74) is 0. The zero-order chi connectivity index (χ0) is 21.6. The van der Waals surface area contributed by atoms with E-state index in [1.54, 1.807) is 0 Å². The van der Waals surface area contributed by atoms with Gasteiger partial charge in [-0.3, -0.25) is 9.59 Å². The van der Waals surface area contributed by atoms with Crippen molar-refractivity contribution in [3.05, 3.63) is 36.5 Å². The summed E-state index contributed by atoms with van der Waals surface area (Å²) in [5.74, 6) is -0.931. The Morgan fingerprint density at radius 3 is 2.10 bits per heavy atom. The van der Waals surface area contributed by atoms with Gasteiger partial charge in [-0.1, -0.05) is 69.6 Å². The largest absolute Gasteiger partial charge is 0.481 e. The van der Waals surface area contributed by atoms with Crippen molar-refractivity contribution in [1.29, 1.82) is 0 Å². The van der Waals surface area contributed by atoms with E-state index < -0.39 is 5.97 Å². The zero-order valence-electron chi connectivity index (χ0n) is 18.6. The van der Waals surface area contributed by atoms with E-state index in [1.165, 1.54) is 0 Å². The third kappa shape index (κ3) is 20.7. The number of carbonyl (C=O) groups is 2. The van der Waals surface area contributed by atoms with Crippen molar-refractivity contribution >= 4 is 11.9 Å². The first-order valence-corrected chi connectivity index (χ1v) is 11.5. The number of carboxylic acid groups (broad SMARTS) is 1. The molecule has 0 aliphatic carbocycles. The Labute approximate surface area is 178 Å². The average molecular weight is 407 g/mol. The summed E-state index contributed by atoms with van der Waals surface area (Å²) in [5, 5.41) is 8.75. The van der Waals surface area contributed by atoms with Gasteiger partial charge in [0.25, 0.3) is 0 Å². The fourth-order valence-electron chi connectivity index (χ4n) is 2.95. The number of aliphatic carboxylic acids is 1. The molecule has 4 heteroatoms. The van der Waals surface area contributed by atoms with Crippen LogP contribution in [0.15, 0.2) is 36.5 Å². The van der Waals surface area contributed by atoms with Crippen molar-refractivity contribution in [2.24, 2.45) is 0 Å². The Bertz CT molecular complexity index is 491. The number of unbranched alkanes of at least 4 members (excludes halogenated alkanes) is 4. The highest BCUT2D eigenvalue weighted by molar-refractivity contribution is 5.69. The third-order valence-corrected chi connectivity index (χ3v) is 4.63. The van der Waals surface area contributed by atoms with E-state index in [-0.39, 0.29) is 18.5 Å². The minimum Gasteiger partial charge on any atom is -0.481 e. The molecule has 0 aliphatic rings. The van der Waals surface area contributed by atoms with Crippen LogP contribution in [0.4, 0.5) is 0 Å². The molecule has 4 nitrogen and oxygen atoms in total. The highest BCUT2D eigenvalue weighted by atomic mass is 16.5. The van der Waals surface area contributed by atoms with Crippen molar-refractivity contribution in [3.8, 4) is 0 Å². The van der Waals surface area contributed by atoms with E-state index in [0.29, 0.717) is 19.3 Å². The molecule has 0 aromatic heterocycles. The Balaban J connectivity index is 3.79. The van der Waals surface area contributed by atoms with Crippen molar-refractivity contribution in [3.63, 3.8) is 0 Å². The highest BCUT2D eigenvalue weighted by Gasteiger charge is 2.14. The van der Waals surface area contributed by atoms with Gasteiger partial charge in [-0.25, -0.2) is 0 Å². The Kier molecular flexibility index (Phi) is 19.6. The lowest BCUT2D eigenvalue weighted by molar-refractivity contribution is -0.150. The van der Waals surface area contributed by atoms with Crippen LogP contribution in [-0.2, 0) is 14.3 Å². The Morgan fingerprint density at radius 2 is 1.45 bits per heavy atom. The van der Waals surface area contributed by atoms with Crippen LogP contribution in [0, 0.1) is 0 Å². The lowest BCUT2D eigenvalue weighted by atomic mass is 10.1. The third-order valence-electron chi connectivity index (χ3n) is 4.63. The molecule has 0 aromatic carbocycles. The van der Waals surface area contributed by atoms with E-state index >= 15 is 0 Å². The minimum absolute atomic E-state index is 0.129. The summed E-state index contributed by atoms with van der Waals surface area (Å²) in [4.78, 5) is 22.7. The van der Waals surface area contributed by atoms with Gasteiger partial charge in [0, 0.05) is 12.8 Å².